The summed E-state index contributed by atoms with van der Waals surface area (Å²) in [7, 11) is 1.63. The number of nitrogens with zero attached hydrogens (tertiary/aromatic N) is 2. The second kappa shape index (κ2) is 5.20. The molecule has 0 bridgehead atoms. The molecule has 0 amide bonds. The Morgan fingerprint density at radius 2 is 2.20 bits per heavy atom. The van der Waals surface area contributed by atoms with Crippen molar-refractivity contribution in [3.05, 3.63) is 44.7 Å². The fraction of sp³-hybridized carbons (Fsp3) is 0.0769. The SMILES string of the molecule is COc1ccc(-n2c(=S)[nH]c3cc(Cl)cnc32)cc1Br. The van der Waals surface area contributed by atoms with E-state index in [1.54, 1.807) is 19.4 Å². The molecule has 20 heavy (non-hydrogen) atoms. The van der Waals surface area contributed by atoms with Crippen LogP contribution in [0.5, 0.6) is 5.75 Å². The summed E-state index contributed by atoms with van der Waals surface area (Å²) >= 11 is 14.8. The maximum Gasteiger partial charge on any atom is 0.183 e. The lowest BCUT2D eigenvalue weighted by Crippen LogP contribution is -1.96. The molecule has 0 aliphatic heterocycles. The summed E-state index contributed by atoms with van der Waals surface area (Å²) in [6, 6.07) is 7.52. The summed E-state index contributed by atoms with van der Waals surface area (Å²) in [6.45, 7) is 0. The summed E-state index contributed by atoms with van der Waals surface area (Å²) in [4.78, 5) is 7.44. The van der Waals surface area contributed by atoms with E-state index in [1.807, 2.05) is 22.8 Å². The average Bonchev–Trinajstić information content (AvgIpc) is 2.73. The summed E-state index contributed by atoms with van der Waals surface area (Å²) < 4.78 is 8.49. The lowest BCUT2D eigenvalue weighted by atomic mass is 10.3. The minimum atomic E-state index is 0.562. The van der Waals surface area contributed by atoms with Gasteiger partial charge in [0.1, 0.15) is 5.75 Å². The highest BCUT2D eigenvalue weighted by Gasteiger charge is 2.10. The van der Waals surface area contributed by atoms with Gasteiger partial charge >= 0.3 is 0 Å². The number of benzene rings is 1. The molecule has 7 heteroatoms. The Morgan fingerprint density at radius 1 is 1.40 bits per heavy atom. The lowest BCUT2D eigenvalue weighted by Gasteiger charge is -2.07. The number of halogens is 2. The number of H-pyrrole nitrogens is 1. The van der Waals surface area contributed by atoms with Crippen molar-refractivity contribution in [3.8, 4) is 11.4 Å². The van der Waals surface area contributed by atoms with E-state index >= 15 is 0 Å². The van der Waals surface area contributed by atoms with Crippen LogP contribution in [0, 0.1) is 4.77 Å². The minimum Gasteiger partial charge on any atom is -0.496 e. The fourth-order valence-electron chi connectivity index (χ4n) is 2.00. The fourth-order valence-corrected chi connectivity index (χ4v) is 2.99. The van der Waals surface area contributed by atoms with Crippen LogP contribution < -0.4 is 4.74 Å². The smallest absolute Gasteiger partial charge is 0.183 e. The first-order valence-corrected chi connectivity index (χ1v) is 7.28. The Kier molecular flexibility index (Phi) is 3.54. The zero-order valence-electron chi connectivity index (χ0n) is 10.4. The number of nitrogens with one attached hydrogen (secondary N) is 1. The molecule has 0 radical (unpaired) electrons. The van der Waals surface area contributed by atoms with E-state index in [-0.39, 0.29) is 0 Å². The summed E-state index contributed by atoms with van der Waals surface area (Å²) in [5, 5.41) is 0.566. The number of methoxy groups -OCH3 is 1. The molecule has 1 N–H and O–H groups in total. The van der Waals surface area contributed by atoms with Crippen LogP contribution in [-0.2, 0) is 0 Å². The molecule has 0 aliphatic rings. The normalized spacial score (nSPS) is 10.9. The molecule has 3 rings (SSSR count). The van der Waals surface area contributed by atoms with Crippen molar-refractivity contribution >= 4 is 50.9 Å². The highest BCUT2D eigenvalue weighted by atomic mass is 79.9. The van der Waals surface area contributed by atoms with Gasteiger partial charge in [-0.1, -0.05) is 11.6 Å². The van der Waals surface area contributed by atoms with E-state index in [2.05, 4.69) is 25.9 Å². The minimum absolute atomic E-state index is 0.562. The number of hydrogen-bond acceptors (Lipinski definition) is 3. The average molecular weight is 371 g/mol. The summed E-state index contributed by atoms with van der Waals surface area (Å²) in [5.74, 6) is 0.760. The van der Waals surface area contributed by atoms with E-state index < -0.39 is 0 Å². The molecule has 0 atom stereocenters. The van der Waals surface area contributed by atoms with E-state index in [0.717, 1.165) is 27.1 Å². The summed E-state index contributed by atoms with van der Waals surface area (Å²) in [6.07, 6.45) is 1.60. The zero-order chi connectivity index (χ0) is 14.3. The number of pyridine rings is 1. The van der Waals surface area contributed by atoms with E-state index in [1.165, 1.54) is 0 Å². The largest absolute Gasteiger partial charge is 0.496 e. The van der Waals surface area contributed by atoms with Crippen molar-refractivity contribution in [2.24, 2.45) is 0 Å². The van der Waals surface area contributed by atoms with Crippen LogP contribution in [0.2, 0.25) is 5.02 Å². The van der Waals surface area contributed by atoms with Crippen molar-refractivity contribution in [2.45, 2.75) is 0 Å². The van der Waals surface area contributed by atoms with Gasteiger partial charge in [-0.3, -0.25) is 4.57 Å². The standard InChI is InChI=1S/C13H9BrClN3OS/c1-19-11-3-2-8(5-9(11)14)18-12-10(17-13(18)20)4-7(15)6-16-12/h2-6H,1H3,(H,17,20). The quantitative estimate of drug-likeness (QED) is 0.675. The van der Waals surface area contributed by atoms with Crippen LogP contribution in [0.25, 0.3) is 16.9 Å². The number of imidazole rings is 1. The highest BCUT2D eigenvalue weighted by Crippen LogP contribution is 2.29. The van der Waals surface area contributed by atoms with Crippen LogP contribution in [0.15, 0.2) is 34.9 Å². The predicted molar refractivity (Wildman–Crippen MR) is 85.5 cm³/mol. The van der Waals surface area contributed by atoms with Gasteiger partial charge in [0.05, 0.1) is 27.8 Å². The first kappa shape index (κ1) is 13.6. The Hall–Kier alpha value is -1.37. The van der Waals surface area contributed by atoms with E-state index in [9.17, 15) is 0 Å². The van der Waals surface area contributed by atoms with Gasteiger partial charge < -0.3 is 9.72 Å². The van der Waals surface area contributed by atoms with Crippen LogP contribution in [0.3, 0.4) is 0 Å². The Bertz CT molecular complexity index is 858. The molecule has 3 aromatic rings. The van der Waals surface area contributed by atoms with Gasteiger partial charge in [0.2, 0.25) is 0 Å². The van der Waals surface area contributed by atoms with Crippen LogP contribution in [0.1, 0.15) is 0 Å². The number of aromatic nitrogens is 3. The maximum absolute atomic E-state index is 5.94. The first-order valence-electron chi connectivity index (χ1n) is 5.70. The van der Waals surface area contributed by atoms with E-state index in [4.69, 9.17) is 28.6 Å². The second-order valence-corrected chi connectivity index (χ2v) is 5.79. The molecule has 2 aromatic heterocycles. The second-order valence-electron chi connectivity index (χ2n) is 4.11. The van der Waals surface area contributed by atoms with Crippen LogP contribution >= 0.6 is 39.7 Å². The van der Waals surface area contributed by atoms with Crippen molar-refractivity contribution in [1.29, 1.82) is 0 Å². The monoisotopic (exact) mass is 369 g/mol. The molecule has 2 heterocycles. The number of hydrogen-bond donors (Lipinski definition) is 1. The molecule has 0 saturated carbocycles. The van der Waals surface area contributed by atoms with Crippen molar-refractivity contribution in [3.63, 3.8) is 0 Å². The molecule has 0 spiro atoms. The van der Waals surface area contributed by atoms with Gasteiger partial charge in [0.15, 0.2) is 10.4 Å². The molecule has 0 unspecified atom stereocenters. The van der Waals surface area contributed by atoms with Gasteiger partial charge in [-0.25, -0.2) is 4.98 Å². The predicted octanol–water partition coefficient (Wildman–Crippen LogP) is 4.51. The van der Waals surface area contributed by atoms with Crippen LogP contribution in [-0.4, -0.2) is 21.6 Å². The van der Waals surface area contributed by atoms with Crippen LogP contribution in [0.4, 0.5) is 0 Å². The Morgan fingerprint density at radius 3 is 2.90 bits per heavy atom. The molecule has 0 saturated heterocycles. The third kappa shape index (κ3) is 2.24. The number of ether oxygens (including phenoxy) is 1. The third-order valence-electron chi connectivity index (χ3n) is 2.88. The molecule has 102 valence electrons. The molecular formula is C13H9BrClN3OS. The van der Waals surface area contributed by atoms with Gasteiger partial charge in [0.25, 0.3) is 0 Å². The Labute approximate surface area is 133 Å². The molecule has 0 fully saturated rings. The van der Waals surface area contributed by atoms with Gasteiger partial charge in [-0.05, 0) is 52.4 Å². The van der Waals surface area contributed by atoms with Crippen molar-refractivity contribution in [2.75, 3.05) is 7.11 Å². The lowest BCUT2D eigenvalue weighted by molar-refractivity contribution is 0.412. The Balaban J connectivity index is 2.26. The first-order chi connectivity index (χ1) is 9.60. The van der Waals surface area contributed by atoms with Crippen molar-refractivity contribution < 1.29 is 4.74 Å². The zero-order valence-corrected chi connectivity index (χ0v) is 13.5. The molecule has 0 aliphatic carbocycles. The topological polar surface area (TPSA) is 42.8 Å². The number of fused-ring (bicyclic) bond motifs is 1. The van der Waals surface area contributed by atoms with Gasteiger partial charge in [-0.2, -0.15) is 0 Å². The molecular weight excluding hydrogens is 362 g/mol. The number of aromatic amines is 1. The summed E-state index contributed by atoms with van der Waals surface area (Å²) in [5.41, 5.74) is 2.43. The molecule has 4 nitrogen and oxygen atoms in total. The maximum atomic E-state index is 5.94. The number of rotatable bonds is 2. The van der Waals surface area contributed by atoms with Crippen molar-refractivity contribution in [1.82, 2.24) is 14.5 Å². The molecule has 1 aromatic carbocycles. The van der Waals surface area contributed by atoms with Gasteiger partial charge in [-0.15, -0.1) is 0 Å². The van der Waals surface area contributed by atoms with E-state index in [0.29, 0.717) is 9.79 Å². The third-order valence-corrected chi connectivity index (χ3v) is 3.99. The van der Waals surface area contributed by atoms with Gasteiger partial charge in [0, 0.05) is 6.20 Å². The highest BCUT2D eigenvalue weighted by molar-refractivity contribution is 9.10.